The van der Waals surface area contributed by atoms with Gasteiger partial charge < -0.3 is 4.18 Å². The largest absolute Gasteiger partial charge is 0.370 e. The lowest BCUT2D eigenvalue weighted by atomic mass is 10.3. The molecule has 0 aliphatic carbocycles. The van der Waals surface area contributed by atoms with Gasteiger partial charge in [-0.3, -0.25) is 0 Å². The van der Waals surface area contributed by atoms with Crippen molar-refractivity contribution < 1.29 is 8.98 Å². The van der Waals surface area contributed by atoms with Crippen molar-refractivity contribution in [3.8, 4) is 0 Å². The smallest absolute Gasteiger partial charge is 0.370 e. The highest BCUT2D eigenvalue weighted by atomic mass is 32.2. The quantitative estimate of drug-likeness (QED) is 0.550. The van der Waals surface area contributed by atoms with E-state index in [4.69, 9.17) is 5.14 Å². The summed E-state index contributed by atoms with van der Waals surface area (Å²) in [5.74, 6) is -0.522. The summed E-state index contributed by atoms with van der Waals surface area (Å²) in [6.45, 7) is 1.80. The third-order valence-corrected chi connectivity index (χ3v) is 1.47. The molecule has 0 spiro atoms. The number of nitrogens with zero attached hydrogens (tertiary/aromatic N) is 1. The SMILES string of the molecule is Cc1cccc(C(=O)OSN)n1. The number of carbonyl (C=O) groups excluding carboxylic acids is 1. The van der Waals surface area contributed by atoms with Crippen molar-refractivity contribution in [2.75, 3.05) is 0 Å². The summed E-state index contributed by atoms with van der Waals surface area (Å²) >= 11 is 0.521. The van der Waals surface area contributed by atoms with Crippen molar-refractivity contribution in [3.05, 3.63) is 29.6 Å². The molecule has 1 aromatic heterocycles. The number of nitrogens with two attached hydrogens (primary N) is 1. The molecule has 0 aliphatic rings. The summed E-state index contributed by atoms with van der Waals surface area (Å²) in [6, 6.07) is 5.11. The van der Waals surface area contributed by atoms with E-state index >= 15 is 0 Å². The summed E-state index contributed by atoms with van der Waals surface area (Å²) in [4.78, 5) is 15.0. The molecule has 0 saturated heterocycles. The Balaban J connectivity index is 2.81. The van der Waals surface area contributed by atoms with Gasteiger partial charge in [-0.1, -0.05) is 6.07 Å². The van der Waals surface area contributed by atoms with Crippen molar-refractivity contribution in [2.24, 2.45) is 5.14 Å². The van der Waals surface area contributed by atoms with Gasteiger partial charge in [-0.25, -0.2) is 14.9 Å². The Kier molecular flexibility index (Phi) is 3.07. The molecule has 0 atom stereocenters. The highest BCUT2D eigenvalue weighted by molar-refractivity contribution is 7.92. The number of aromatic nitrogens is 1. The molecule has 0 amide bonds. The summed E-state index contributed by atoms with van der Waals surface area (Å²) in [5.41, 5.74) is 1.04. The Labute approximate surface area is 74.5 Å². The van der Waals surface area contributed by atoms with Crippen LogP contribution in [-0.2, 0) is 4.18 Å². The molecule has 1 aromatic rings. The number of pyridine rings is 1. The maximum absolute atomic E-state index is 11.0. The van der Waals surface area contributed by atoms with Gasteiger partial charge in [0.05, 0.1) is 0 Å². The van der Waals surface area contributed by atoms with Crippen LogP contribution in [0, 0.1) is 6.92 Å². The second kappa shape index (κ2) is 4.08. The molecule has 4 nitrogen and oxygen atoms in total. The van der Waals surface area contributed by atoms with Crippen LogP contribution in [-0.4, -0.2) is 11.0 Å². The molecule has 64 valence electrons. The third-order valence-electron chi connectivity index (χ3n) is 1.22. The normalized spacial score (nSPS) is 9.50. The average molecular weight is 184 g/mol. The first kappa shape index (κ1) is 9.02. The predicted molar refractivity (Wildman–Crippen MR) is 46.2 cm³/mol. The van der Waals surface area contributed by atoms with E-state index in [2.05, 4.69) is 9.17 Å². The molecule has 0 saturated carbocycles. The van der Waals surface area contributed by atoms with E-state index < -0.39 is 5.97 Å². The van der Waals surface area contributed by atoms with Gasteiger partial charge in [0.1, 0.15) is 17.9 Å². The standard InChI is InChI=1S/C7H8N2O2S/c1-5-3-2-4-6(9-5)7(10)11-12-8/h2-4H,8H2,1H3. The fourth-order valence-electron chi connectivity index (χ4n) is 0.743. The Morgan fingerprint density at radius 3 is 3.00 bits per heavy atom. The maximum atomic E-state index is 11.0. The molecule has 1 rings (SSSR count). The van der Waals surface area contributed by atoms with Crippen molar-refractivity contribution in [2.45, 2.75) is 6.92 Å². The van der Waals surface area contributed by atoms with Crippen LogP contribution >= 0.6 is 12.2 Å². The first-order valence-electron chi connectivity index (χ1n) is 3.25. The van der Waals surface area contributed by atoms with Crippen LogP contribution < -0.4 is 5.14 Å². The Morgan fingerprint density at radius 2 is 2.42 bits per heavy atom. The summed E-state index contributed by atoms with van der Waals surface area (Å²) in [6.07, 6.45) is 0. The lowest BCUT2D eigenvalue weighted by molar-refractivity contribution is 0.0762. The molecule has 1 heterocycles. The van der Waals surface area contributed by atoms with E-state index in [0.717, 1.165) is 5.69 Å². The lowest BCUT2D eigenvalue weighted by Gasteiger charge is -1.98. The minimum Gasteiger partial charge on any atom is -0.370 e. The van der Waals surface area contributed by atoms with E-state index in [1.807, 2.05) is 0 Å². The van der Waals surface area contributed by atoms with Crippen LogP contribution in [0.3, 0.4) is 0 Å². The summed E-state index contributed by atoms with van der Waals surface area (Å²) in [7, 11) is 0. The molecular weight excluding hydrogens is 176 g/mol. The zero-order chi connectivity index (χ0) is 8.97. The Hall–Kier alpha value is -1.07. The van der Waals surface area contributed by atoms with Gasteiger partial charge in [0, 0.05) is 5.69 Å². The van der Waals surface area contributed by atoms with Crippen LogP contribution in [0.5, 0.6) is 0 Å². The topological polar surface area (TPSA) is 65.2 Å². The van der Waals surface area contributed by atoms with Crippen LogP contribution in [0.1, 0.15) is 16.2 Å². The molecule has 0 unspecified atom stereocenters. The van der Waals surface area contributed by atoms with Gasteiger partial charge in [-0.15, -0.1) is 0 Å². The zero-order valence-electron chi connectivity index (χ0n) is 6.48. The molecule has 0 aromatic carbocycles. The van der Waals surface area contributed by atoms with Gasteiger partial charge in [0.2, 0.25) is 0 Å². The van der Waals surface area contributed by atoms with E-state index in [1.165, 1.54) is 0 Å². The molecule has 0 bridgehead atoms. The number of aryl methyl sites for hydroxylation is 1. The molecular formula is C7H8N2O2S. The first-order valence-corrected chi connectivity index (χ1v) is 4.06. The fraction of sp³-hybridized carbons (Fsp3) is 0.143. The second-order valence-electron chi connectivity index (χ2n) is 2.13. The highest BCUT2D eigenvalue weighted by Gasteiger charge is 2.07. The van der Waals surface area contributed by atoms with Gasteiger partial charge in [0.15, 0.2) is 0 Å². The number of carbonyl (C=O) groups is 1. The lowest BCUT2D eigenvalue weighted by Crippen LogP contribution is -2.04. The van der Waals surface area contributed by atoms with Gasteiger partial charge in [-0.05, 0) is 19.1 Å². The number of hydrogen-bond donors (Lipinski definition) is 1. The first-order chi connectivity index (χ1) is 5.74. The van der Waals surface area contributed by atoms with E-state index in [9.17, 15) is 4.79 Å². The third kappa shape index (κ3) is 2.21. The molecule has 0 radical (unpaired) electrons. The van der Waals surface area contributed by atoms with Crippen molar-refractivity contribution in [1.82, 2.24) is 4.98 Å². The van der Waals surface area contributed by atoms with E-state index in [-0.39, 0.29) is 5.69 Å². The van der Waals surface area contributed by atoms with Gasteiger partial charge >= 0.3 is 5.97 Å². The second-order valence-corrected chi connectivity index (χ2v) is 2.49. The minimum absolute atomic E-state index is 0.271. The minimum atomic E-state index is -0.522. The van der Waals surface area contributed by atoms with E-state index in [1.54, 1.807) is 25.1 Å². The highest BCUT2D eigenvalue weighted by Crippen LogP contribution is 2.03. The number of hydrogen-bond acceptors (Lipinski definition) is 5. The predicted octanol–water partition coefficient (Wildman–Crippen LogP) is 1.07. The molecule has 5 heteroatoms. The Bertz CT molecular complexity index is 290. The monoisotopic (exact) mass is 184 g/mol. The fourth-order valence-corrected chi connectivity index (χ4v) is 0.916. The zero-order valence-corrected chi connectivity index (χ0v) is 7.30. The van der Waals surface area contributed by atoms with Crippen molar-refractivity contribution >= 4 is 18.2 Å². The van der Waals surface area contributed by atoms with Crippen LogP contribution in [0.25, 0.3) is 0 Å². The van der Waals surface area contributed by atoms with E-state index in [0.29, 0.717) is 12.2 Å². The molecule has 0 fully saturated rings. The summed E-state index contributed by atoms with van der Waals surface area (Å²) < 4.78 is 4.48. The molecule has 2 N–H and O–H groups in total. The van der Waals surface area contributed by atoms with Crippen LogP contribution in [0.15, 0.2) is 18.2 Å². The van der Waals surface area contributed by atoms with Crippen LogP contribution in [0.2, 0.25) is 0 Å². The Morgan fingerprint density at radius 1 is 1.67 bits per heavy atom. The average Bonchev–Trinajstić information content (AvgIpc) is 2.05. The molecule has 12 heavy (non-hydrogen) atoms. The van der Waals surface area contributed by atoms with Crippen molar-refractivity contribution in [1.29, 1.82) is 0 Å². The molecule has 0 aliphatic heterocycles. The summed E-state index contributed by atoms with van der Waals surface area (Å²) in [5, 5.41) is 4.95. The number of rotatable bonds is 2. The van der Waals surface area contributed by atoms with Gasteiger partial charge in [0.25, 0.3) is 0 Å². The van der Waals surface area contributed by atoms with Crippen molar-refractivity contribution in [3.63, 3.8) is 0 Å². The maximum Gasteiger partial charge on any atom is 0.370 e. The van der Waals surface area contributed by atoms with Crippen LogP contribution in [0.4, 0.5) is 0 Å². The van der Waals surface area contributed by atoms with Gasteiger partial charge in [-0.2, -0.15) is 0 Å².